The first kappa shape index (κ1) is 17.8. The van der Waals surface area contributed by atoms with Gasteiger partial charge in [0.1, 0.15) is 17.8 Å². The van der Waals surface area contributed by atoms with Crippen molar-refractivity contribution in [3.8, 4) is 11.3 Å². The maximum Gasteiger partial charge on any atom is 0.280 e. The fourth-order valence-corrected chi connectivity index (χ4v) is 4.03. The second-order valence-electron chi connectivity index (χ2n) is 6.88. The molecule has 2 heterocycles. The highest BCUT2D eigenvalue weighted by Crippen LogP contribution is 2.31. The lowest BCUT2D eigenvalue weighted by atomic mass is 10.1. The summed E-state index contributed by atoms with van der Waals surface area (Å²) in [5.74, 6) is 2.04. The van der Waals surface area contributed by atoms with E-state index in [0.717, 1.165) is 17.9 Å². The van der Waals surface area contributed by atoms with E-state index in [1.807, 2.05) is 11.5 Å². The lowest BCUT2D eigenvalue weighted by Gasteiger charge is -2.06. The van der Waals surface area contributed by atoms with E-state index in [-0.39, 0.29) is 5.03 Å². The monoisotopic (exact) mass is 386 g/mol. The second kappa shape index (κ2) is 6.84. The van der Waals surface area contributed by atoms with E-state index in [9.17, 15) is 8.42 Å². The molecule has 0 saturated heterocycles. The Morgan fingerprint density at radius 2 is 1.96 bits per heavy atom. The summed E-state index contributed by atoms with van der Waals surface area (Å²) in [6.07, 6.45) is 6.34. The zero-order valence-electron chi connectivity index (χ0n) is 15.3. The van der Waals surface area contributed by atoms with Crippen LogP contribution >= 0.6 is 0 Å². The number of aryl methyl sites for hydroxylation is 2. The summed E-state index contributed by atoms with van der Waals surface area (Å²) in [6.45, 7) is 4.61. The first-order valence-corrected chi connectivity index (χ1v) is 10.5. The van der Waals surface area contributed by atoms with Crippen LogP contribution in [0.4, 0.5) is 5.69 Å². The van der Waals surface area contributed by atoms with E-state index in [1.165, 1.54) is 12.8 Å². The van der Waals surface area contributed by atoms with Crippen LogP contribution in [0.25, 0.3) is 11.3 Å². The zero-order valence-corrected chi connectivity index (χ0v) is 16.2. The van der Waals surface area contributed by atoms with Crippen molar-refractivity contribution in [3.63, 3.8) is 0 Å². The molecule has 0 amide bonds. The summed E-state index contributed by atoms with van der Waals surface area (Å²) in [5, 5.41) is 0.0659. The number of rotatable bonds is 7. The maximum absolute atomic E-state index is 12.7. The Kier molecular flexibility index (Phi) is 4.51. The topological polar surface area (TPSA) is 90.0 Å². The van der Waals surface area contributed by atoms with Gasteiger partial charge in [-0.05, 0) is 30.9 Å². The van der Waals surface area contributed by atoms with Gasteiger partial charge in [-0.25, -0.2) is 9.97 Å². The molecule has 27 heavy (non-hydrogen) atoms. The smallest absolute Gasteiger partial charge is 0.280 e. The molecule has 8 heteroatoms. The number of oxazole rings is 1. The van der Waals surface area contributed by atoms with Crippen LogP contribution in [0.2, 0.25) is 0 Å². The number of sulfonamides is 1. The van der Waals surface area contributed by atoms with Crippen molar-refractivity contribution < 1.29 is 12.8 Å². The molecule has 1 aliphatic carbocycles. The van der Waals surface area contributed by atoms with E-state index in [1.54, 1.807) is 43.6 Å². The van der Waals surface area contributed by atoms with Crippen LogP contribution in [0.3, 0.4) is 0 Å². The Morgan fingerprint density at radius 1 is 1.22 bits per heavy atom. The molecule has 4 rings (SSSR count). The molecule has 3 aromatic rings. The van der Waals surface area contributed by atoms with Gasteiger partial charge in [-0.2, -0.15) is 8.42 Å². The van der Waals surface area contributed by atoms with Gasteiger partial charge >= 0.3 is 0 Å². The van der Waals surface area contributed by atoms with Crippen molar-refractivity contribution in [3.05, 3.63) is 48.4 Å². The van der Waals surface area contributed by atoms with Gasteiger partial charge in [0.2, 0.25) is 0 Å². The minimum atomic E-state index is -3.73. The van der Waals surface area contributed by atoms with E-state index in [4.69, 9.17) is 4.42 Å². The van der Waals surface area contributed by atoms with E-state index >= 15 is 0 Å². The number of anilines is 1. The van der Waals surface area contributed by atoms with Crippen molar-refractivity contribution in [1.29, 1.82) is 0 Å². The number of imidazole rings is 1. The molecule has 0 radical (unpaired) electrons. The van der Waals surface area contributed by atoms with Gasteiger partial charge in [-0.3, -0.25) is 4.72 Å². The third-order valence-electron chi connectivity index (χ3n) is 4.63. The summed E-state index contributed by atoms with van der Waals surface area (Å²) in [5.41, 5.74) is 2.05. The van der Waals surface area contributed by atoms with Crippen LogP contribution in [0.15, 0.2) is 46.2 Å². The predicted octanol–water partition coefficient (Wildman–Crippen LogP) is 3.62. The Hall–Kier alpha value is -2.61. The largest absolute Gasteiger partial charge is 0.449 e. The van der Waals surface area contributed by atoms with Gasteiger partial charge in [0, 0.05) is 37.3 Å². The lowest BCUT2D eigenvalue weighted by molar-refractivity contribution is 0.521. The van der Waals surface area contributed by atoms with Crippen molar-refractivity contribution in [2.24, 2.45) is 5.92 Å². The lowest BCUT2D eigenvalue weighted by Crippen LogP contribution is -2.13. The Morgan fingerprint density at radius 3 is 2.56 bits per heavy atom. The van der Waals surface area contributed by atoms with E-state index in [2.05, 4.69) is 14.7 Å². The van der Waals surface area contributed by atoms with Gasteiger partial charge in [0.25, 0.3) is 10.0 Å². The van der Waals surface area contributed by atoms with Crippen molar-refractivity contribution in [2.75, 3.05) is 4.72 Å². The Labute approximate surface area is 158 Å². The highest BCUT2D eigenvalue weighted by Gasteiger charge is 2.25. The number of aromatic nitrogens is 3. The Bertz CT molecular complexity index is 1050. The van der Waals surface area contributed by atoms with Crippen molar-refractivity contribution in [1.82, 2.24) is 14.5 Å². The third-order valence-corrected chi connectivity index (χ3v) is 5.88. The molecule has 0 spiro atoms. The fraction of sp³-hybridized carbons (Fsp3) is 0.368. The normalized spacial score (nSPS) is 14.4. The number of nitrogens with one attached hydrogen (secondary N) is 1. The molecule has 0 aliphatic heterocycles. The summed E-state index contributed by atoms with van der Waals surface area (Å²) in [7, 11) is -3.73. The average Bonchev–Trinajstić information content (AvgIpc) is 3.18. The molecule has 1 aliphatic rings. The summed E-state index contributed by atoms with van der Waals surface area (Å²) in [4.78, 5) is 8.60. The molecule has 1 saturated carbocycles. The molecule has 1 fully saturated rings. The maximum atomic E-state index is 12.7. The minimum absolute atomic E-state index is 0.0659. The predicted molar refractivity (Wildman–Crippen MR) is 102 cm³/mol. The van der Waals surface area contributed by atoms with Gasteiger partial charge in [0.15, 0.2) is 10.9 Å². The number of hydrogen-bond acceptors (Lipinski definition) is 5. The number of hydrogen-bond donors (Lipinski definition) is 1. The average molecular weight is 386 g/mol. The van der Waals surface area contributed by atoms with Gasteiger partial charge in [-0.15, -0.1) is 0 Å². The molecule has 0 bridgehead atoms. The van der Waals surface area contributed by atoms with E-state index < -0.39 is 10.0 Å². The van der Waals surface area contributed by atoms with Gasteiger partial charge in [0.05, 0.1) is 0 Å². The quantitative estimate of drug-likeness (QED) is 0.670. The SMILES string of the molecule is CCc1nc(S(=O)(=O)Nc2ccc(-c3coc(C)n3)cc2)cn1CC1CC1. The van der Waals surface area contributed by atoms with Gasteiger partial charge in [-0.1, -0.05) is 19.1 Å². The first-order chi connectivity index (χ1) is 12.9. The molecular weight excluding hydrogens is 364 g/mol. The zero-order chi connectivity index (χ0) is 19.0. The third kappa shape index (κ3) is 3.90. The van der Waals surface area contributed by atoms with Crippen LogP contribution in [-0.2, 0) is 23.0 Å². The van der Waals surface area contributed by atoms with Gasteiger partial charge < -0.3 is 8.98 Å². The molecule has 2 aromatic heterocycles. The minimum Gasteiger partial charge on any atom is -0.449 e. The first-order valence-electron chi connectivity index (χ1n) is 9.06. The van der Waals surface area contributed by atoms with Crippen LogP contribution in [0.1, 0.15) is 31.5 Å². The van der Waals surface area contributed by atoms with Crippen LogP contribution in [0.5, 0.6) is 0 Å². The molecule has 0 unspecified atom stereocenters. The van der Waals surface area contributed by atoms with Crippen LogP contribution in [0, 0.1) is 12.8 Å². The standard InChI is InChI=1S/C19H22N4O3S/c1-3-18-21-19(11-23(18)10-14-4-5-14)27(24,25)22-16-8-6-15(7-9-16)17-12-26-13(2)20-17/h6-9,11-12,14,22H,3-5,10H2,1-2H3. The summed E-state index contributed by atoms with van der Waals surface area (Å²) < 4.78 is 35.2. The number of nitrogens with zero attached hydrogens (tertiary/aromatic N) is 3. The molecule has 1 N–H and O–H groups in total. The van der Waals surface area contributed by atoms with Crippen LogP contribution < -0.4 is 4.72 Å². The molecule has 1 aromatic carbocycles. The van der Waals surface area contributed by atoms with Crippen LogP contribution in [-0.4, -0.2) is 23.0 Å². The summed E-state index contributed by atoms with van der Waals surface area (Å²) >= 11 is 0. The number of benzene rings is 1. The molecule has 0 atom stereocenters. The van der Waals surface area contributed by atoms with Crippen molar-refractivity contribution >= 4 is 15.7 Å². The molecular formula is C19H22N4O3S. The molecule has 142 valence electrons. The summed E-state index contributed by atoms with van der Waals surface area (Å²) in [6, 6.07) is 7.02. The second-order valence-corrected chi connectivity index (χ2v) is 8.51. The highest BCUT2D eigenvalue weighted by molar-refractivity contribution is 7.92. The fourth-order valence-electron chi connectivity index (χ4n) is 2.99. The van der Waals surface area contributed by atoms with Crippen molar-refractivity contribution in [2.45, 2.75) is 44.7 Å². The Balaban J connectivity index is 1.53. The van der Waals surface area contributed by atoms with E-state index in [0.29, 0.717) is 29.6 Å². The highest BCUT2D eigenvalue weighted by atomic mass is 32.2. The molecule has 7 nitrogen and oxygen atoms in total.